The second kappa shape index (κ2) is 6.36. The van der Waals surface area contributed by atoms with Crippen LogP contribution in [0.3, 0.4) is 0 Å². The maximum Gasteiger partial charge on any atom is 0.338 e. The van der Waals surface area contributed by atoms with E-state index in [0.717, 1.165) is 0 Å². The summed E-state index contributed by atoms with van der Waals surface area (Å²) in [5, 5.41) is 0. The van der Waals surface area contributed by atoms with Crippen molar-refractivity contribution in [3.05, 3.63) is 65.2 Å². The topological polar surface area (TPSA) is 61.8 Å². The number of fused-ring (bicyclic) bond motifs is 1. The summed E-state index contributed by atoms with van der Waals surface area (Å²) in [4.78, 5) is 24.0. The van der Waals surface area contributed by atoms with E-state index < -0.39 is 5.97 Å². The Hall–Kier alpha value is -3.08. The second-order valence-electron chi connectivity index (χ2n) is 4.84. The summed E-state index contributed by atoms with van der Waals surface area (Å²) in [6, 6.07) is 11.9. The molecule has 0 spiro atoms. The van der Waals surface area contributed by atoms with Crippen LogP contribution >= 0.6 is 0 Å². The van der Waals surface area contributed by atoms with Gasteiger partial charge in [0.25, 0.3) is 0 Å². The van der Waals surface area contributed by atoms with Gasteiger partial charge in [-0.05, 0) is 35.9 Å². The fraction of sp³-hybridized carbons (Fsp3) is 0.111. The van der Waals surface area contributed by atoms with Crippen molar-refractivity contribution in [1.82, 2.24) is 0 Å². The SMILES string of the molecule is COC(=O)c1ccccc1/C=C/C(=O)c1ccc2c(c1)OCO2. The van der Waals surface area contributed by atoms with Crippen molar-refractivity contribution in [3.8, 4) is 11.5 Å². The minimum Gasteiger partial charge on any atom is -0.465 e. The lowest BCUT2D eigenvalue weighted by atomic mass is 10.0. The predicted octanol–water partition coefficient (Wildman–Crippen LogP) is 3.10. The molecule has 23 heavy (non-hydrogen) atoms. The van der Waals surface area contributed by atoms with Crippen molar-refractivity contribution in [1.29, 1.82) is 0 Å². The summed E-state index contributed by atoms with van der Waals surface area (Å²) in [5.74, 6) is 0.546. The molecule has 1 aliphatic rings. The highest BCUT2D eigenvalue weighted by molar-refractivity contribution is 6.08. The van der Waals surface area contributed by atoms with Crippen LogP contribution in [0, 0.1) is 0 Å². The van der Waals surface area contributed by atoms with E-state index in [0.29, 0.717) is 28.2 Å². The molecule has 0 radical (unpaired) electrons. The highest BCUT2D eigenvalue weighted by atomic mass is 16.7. The summed E-state index contributed by atoms with van der Waals surface area (Å²) >= 11 is 0. The summed E-state index contributed by atoms with van der Waals surface area (Å²) < 4.78 is 15.2. The van der Waals surface area contributed by atoms with Gasteiger partial charge in [0.15, 0.2) is 17.3 Å². The molecule has 0 fully saturated rings. The van der Waals surface area contributed by atoms with Crippen molar-refractivity contribution < 1.29 is 23.8 Å². The van der Waals surface area contributed by atoms with Gasteiger partial charge in [0.2, 0.25) is 6.79 Å². The first-order chi connectivity index (χ1) is 11.2. The highest BCUT2D eigenvalue weighted by Gasteiger charge is 2.15. The van der Waals surface area contributed by atoms with E-state index >= 15 is 0 Å². The van der Waals surface area contributed by atoms with Gasteiger partial charge in [0, 0.05) is 5.56 Å². The van der Waals surface area contributed by atoms with Gasteiger partial charge >= 0.3 is 5.97 Å². The third-order valence-corrected chi connectivity index (χ3v) is 3.44. The van der Waals surface area contributed by atoms with Gasteiger partial charge < -0.3 is 14.2 Å². The standard InChI is InChI=1S/C18H14O5/c1-21-18(20)14-5-3-2-4-12(14)6-8-15(19)13-7-9-16-17(10-13)23-11-22-16/h2-10H,11H2,1H3/b8-6+. The summed E-state index contributed by atoms with van der Waals surface area (Å²) in [5.41, 5.74) is 1.51. The maximum absolute atomic E-state index is 12.3. The van der Waals surface area contributed by atoms with Crippen molar-refractivity contribution in [2.24, 2.45) is 0 Å². The van der Waals surface area contributed by atoms with Crippen molar-refractivity contribution in [2.45, 2.75) is 0 Å². The van der Waals surface area contributed by atoms with Gasteiger partial charge in [-0.2, -0.15) is 0 Å². The number of ketones is 1. The smallest absolute Gasteiger partial charge is 0.338 e. The minimum absolute atomic E-state index is 0.162. The Morgan fingerprint density at radius 2 is 1.87 bits per heavy atom. The van der Waals surface area contributed by atoms with E-state index in [1.165, 1.54) is 13.2 Å². The third kappa shape index (κ3) is 3.08. The van der Waals surface area contributed by atoms with E-state index in [4.69, 9.17) is 14.2 Å². The number of hydrogen-bond acceptors (Lipinski definition) is 5. The van der Waals surface area contributed by atoms with Gasteiger partial charge in [0.05, 0.1) is 12.7 Å². The van der Waals surface area contributed by atoms with Crippen LogP contribution in [0.5, 0.6) is 11.5 Å². The Morgan fingerprint density at radius 1 is 1.09 bits per heavy atom. The number of ether oxygens (including phenoxy) is 3. The van der Waals surface area contributed by atoms with Crippen molar-refractivity contribution in [3.63, 3.8) is 0 Å². The summed E-state index contributed by atoms with van der Waals surface area (Å²) in [6.45, 7) is 0.162. The van der Waals surface area contributed by atoms with Crippen LogP contribution in [0.4, 0.5) is 0 Å². The molecule has 0 bridgehead atoms. The molecular weight excluding hydrogens is 296 g/mol. The zero-order chi connectivity index (χ0) is 16.2. The number of rotatable bonds is 4. The van der Waals surface area contributed by atoms with Crippen LogP contribution in [0.1, 0.15) is 26.3 Å². The summed E-state index contributed by atoms with van der Waals surface area (Å²) in [6.07, 6.45) is 3.01. The Labute approximate surface area is 133 Å². The Bertz CT molecular complexity index is 792. The average molecular weight is 310 g/mol. The van der Waals surface area contributed by atoms with E-state index in [1.54, 1.807) is 48.5 Å². The number of hydrogen-bond donors (Lipinski definition) is 0. The third-order valence-electron chi connectivity index (χ3n) is 3.44. The fourth-order valence-electron chi connectivity index (χ4n) is 2.25. The lowest BCUT2D eigenvalue weighted by Crippen LogP contribution is -2.03. The molecule has 0 aliphatic carbocycles. The molecule has 5 heteroatoms. The molecule has 116 valence electrons. The number of methoxy groups -OCH3 is 1. The number of esters is 1. The lowest BCUT2D eigenvalue weighted by molar-refractivity contribution is 0.0600. The normalized spacial score (nSPS) is 12.4. The largest absolute Gasteiger partial charge is 0.465 e. The molecule has 0 saturated heterocycles. The fourth-order valence-corrected chi connectivity index (χ4v) is 2.25. The molecule has 1 aliphatic heterocycles. The minimum atomic E-state index is -0.444. The van der Waals surface area contributed by atoms with Crippen molar-refractivity contribution >= 4 is 17.8 Å². The number of allylic oxidation sites excluding steroid dienone is 1. The number of carbonyl (C=O) groups excluding carboxylic acids is 2. The maximum atomic E-state index is 12.3. The van der Waals surface area contributed by atoms with Crippen LogP contribution < -0.4 is 9.47 Å². The number of carbonyl (C=O) groups is 2. The monoisotopic (exact) mass is 310 g/mol. The molecule has 0 unspecified atom stereocenters. The van der Waals surface area contributed by atoms with E-state index in [-0.39, 0.29) is 12.6 Å². The quantitative estimate of drug-likeness (QED) is 0.493. The van der Waals surface area contributed by atoms with Crippen molar-refractivity contribution in [2.75, 3.05) is 13.9 Å². The summed E-state index contributed by atoms with van der Waals surface area (Å²) in [7, 11) is 1.32. The zero-order valence-electron chi connectivity index (χ0n) is 12.4. The molecule has 1 heterocycles. The molecule has 0 atom stereocenters. The molecule has 2 aromatic carbocycles. The van der Waals surface area contributed by atoms with Gasteiger partial charge in [0.1, 0.15) is 0 Å². The molecule has 2 aromatic rings. The van der Waals surface area contributed by atoms with E-state index in [2.05, 4.69) is 0 Å². The first-order valence-corrected chi connectivity index (χ1v) is 6.98. The molecule has 0 N–H and O–H groups in total. The van der Waals surface area contributed by atoms with Gasteiger partial charge in [-0.25, -0.2) is 4.79 Å². The van der Waals surface area contributed by atoms with Gasteiger partial charge in [-0.1, -0.05) is 24.3 Å². The molecule has 0 saturated carbocycles. The predicted molar refractivity (Wildman–Crippen MR) is 83.7 cm³/mol. The first kappa shape index (κ1) is 14.8. The second-order valence-corrected chi connectivity index (χ2v) is 4.84. The number of benzene rings is 2. The van der Waals surface area contributed by atoms with Crippen LogP contribution in [-0.2, 0) is 4.74 Å². The molecule has 3 rings (SSSR count). The molecule has 0 amide bonds. The molecule has 5 nitrogen and oxygen atoms in total. The van der Waals surface area contributed by atoms with E-state index in [1.807, 2.05) is 0 Å². The van der Waals surface area contributed by atoms with Crippen LogP contribution in [0.15, 0.2) is 48.5 Å². The Kier molecular flexibility index (Phi) is 4.10. The van der Waals surface area contributed by atoms with Crippen LogP contribution in [0.25, 0.3) is 6.08 Å². The molecule has 0 aromatic heterocycles. The highest BCUT2D eigenvalue weighted by Crippen LogP contribution is 2.32. The Balaban J connectivity index is 1.83. The first-order valence-electron chi connectivity index (χ1n) is 6.98. The lowest BCUT2D eigenvalue weighted by Gasteiger charge is -2.03. The average Bonchev–Trinajstić information content (AvgIpc) is 3.06. The zero-order valence-corrected chi connectivity index (χ0v) is 12.4. The van der Waals surface area contributed by atoms with Gasteiger partial charge in [-0.15, -0.1) is 0 Å². The van der Waals surface area contributed by atoms with E-state index in [9.17, 15) is 9.59 Å². The van der Waals surface area contributed by atoms with Crippen LogP contribution in [-0.4, -0.2) is 25.7 Å². The molecular formula is C18H14O5. The van der Waals surface area contributed by atoms with Crippen LogP contribution in [0.2, 0.25) is 0 Å². The Morgan fingerprint density at radius 3 is 2.70 bits per heavy atom. The van der Waals surface area contributed by atoms with Gasteiger partial charge in [-0.3, -0.25) is 4.79 Å².